The second-order valence-electron chi connectivity index (χ2n) is 8.54. The first kappa shape index (κ1) is 40.9. The van der Waals surface area contributed by atoms with E-state index in [1.54, 1.807) is 32.9 Å². The Morgan fingerprint density at radius 1 is 0.800 bits per heavy atom. The van der Waals surface area contributed by atoms with E-state index < -0.39 is 5.97 Å². The fourth-order valence-corrected chi connectivity index (χ4v) is 3.38. The van der Waals surface area contributed by atoms with Crippen molar-refractivity contribution in [3.8, 4) is 11.8 Å². The Bertz CT molecular complexity index is 871. The van der Waals surface area contributed by atoms with Crippen LogP contribution in [0.4, 0.5) is 0 Å². The number of carbonyl (C=O) groups excluding carboxylic acids is 5. The van der Waals surface area contributed by atoms with Crippen molar-refractivity contribution < 1.29 is 28.7 Å². The first-order chi connectivity index (χ1) is 19.1. The molecule has 222 valence electrons. The Morgan fingerprint density at radius 2 is 1.25 bits per heavy atom. The molecule has 0 bridgehead atoms. The van der Waals surface area contributed by atoms with E-state index in [-0.39, 0.29) is 23.8 Å². The van der Waals surface area contributed by atoms with E-state index in [9.17, 15) is 14.4 Å². The highest BCUT2D eigenvalue weighted by Gasteiger charge is 2.15. The third-order valence-corrected chi connectivity index (χ3v) is 5.14. The van der Waals surface area contributed by atoms with Crippen LogP contribution in [0.5, 0.6) is 0 Å². The molecule has 0 aliphatic carbocycles. The third kappa shape index (κ3) is 26.0. The van der Waals surface area contributed by atoms with Crippen molar-refractivity contribution in [1.82, 2.24) is 9.80 Å². The van der Waals surface area contributed by atoms with Crippen LogP contribution in [0.1, 0.15) is 59.8 Å². The van der Waals surface area contributed by atoms with Crippen LogP contribution in [0.2, 0.25) is 0 Å². The van der Waals surface area contributed by atoms with Crippen LogP contribution in [0.3, 0.4) is 0 Å². The summed E-state index contributed by atoms with van der Waals surface area (Å²) in [6, 6.07) is 0.106. The van der Waals surface area contributed by atoms with Crippen LogP contribution >= 0.6 is 0 Å². The standard InChI is InChI=1S/C16H23NO3.C15H25NO.CO2/c1-5-12-17(13-6-2)15(9-8-14(4)18)10-11-16(19)20-7-3;1-5-8-9-15(11-10-14(4)17)16(12-6-2)13-7-3;2-1-3/h5-6,15H,1-2,7-9,12-13H2,3-4H3;6-9,15H,2-3,5,10-13H2,1,4H3;/b;9-8-;/t2*15-;/m01./s1. The molecule has 8 heteroatoms. The zero-order valence-electron chi connectivity index (χ0n) is 24.9. The lowest BCUT2D eigenvalue weighted by Crippen LogP contribution is -2.35. The van der Waals surface area contributed by atoms with Crippen LogP contribution in [0.25, 0.3) is 0 Å². The summed E-state index contributed by atoms with van der Waals surface area (Å²) in [5.41, 5.74) is 0. The van der Waals surface area contributed by atoms with Crippen LogP contribution in [-0.2, 0) is 28.7 Å². The molecule has 2 atom stereocenters. The van der Waals surface area contributed by atoms with Gasteiger partial charge in [-0.1, -0.05) is 49.3 Å². The van der Waals surface area contributed by atoms with Crippen molar-refractivity contribution in [2.45, 2.75) is 71.9 Å². The number of ether oxygens (including phenoxy) is 1. The van der Waals surface area contributed by atoms with Gasteiger partial charge in [0.1, 0.15) is 11.6 Å². The number of hydrogen-bond acceptors (Lipinski definition) is 8. The topological polar surface area (TPSA) is 101 Å². The van der Waals surface area contributed by atoms with E-state index in [0.29, 0.717) is 45.0 Å². The molecule has 0 saturated carbocycles. The quantitative estimate of drug-likeness (QED) is 0.0973. The minimum Gasteiger partial charge on any atom is -0.456 e. The molecule has 0 spiro atoms. The Kier molecular flexibility index (Phi) is 30.6. The maximum atomic E-state index is 11.3. The fourth-order valence-electron chi connectivity index (χ4n) is 3.38. The Balaban J connectivity index is -0.000000629. The summed E-state index contributed by atoms with van der Waals surface area (Å²) in [6.07, 6.45) is 15.4. The number of carbonyl (C=O) groups is 3. The van der Waals surface area contributed by atoms with Gasteiger partial charge in [-0.25, -0.2) is 4.79 Å². The zero-order valence-corrected chi connectivity index (χ0v) is 24.9. The molecule has 0 fully saturated rings. The molecule has 40 heavy (non-hydrogen) atoms. The summed E-state index contributed by atoms with van der Waals surface area (Å²) < 4.78 is 4.78. The smallest absolute Gasteiger partial charge is 0.384 e. The summed E-state index contributed by atoms with van der Waals surface area (Å²) in [7, 11) is 0. The van der Waals surface area contributed by atoms with Gasteiger partial charge < -0.3 is 14.3 Å². The van der Waals surface area contributed by atoms with Gasteiger partial charge in [-0.2, -0.15) is 9.59 Å². The van der Waals surface area contributed by atoms with Gasteiger partial charge in [-0.05, 0) is 40.0 Å². The molecule has 0 radical (unpaired) electrons. The van der Waals surface area contributed by atoms with Gasteiger partial charge in [0, 0.05) is 51.0 Å². The number of esters is 1. The van der Waals surface area contributed by atoms with E-state index in [4.69, 9.17) is 14.3 Å². The van der Waals surface area contributed by atoms with Gasteiger partial charge in [0.15, 0.2) is 0 Å². The molecule has 0 aromatic rings. The Hall–Kier alpha value is -3.63. The maximum absolute atomic E-state index is 11.3. The second-order valence-corrected chi connectivity index (χ2v) is 8.54. The maximum Gasteiger partial charge on any atom is 0.384 e. The highest BCUT2D eigenvalue weighted by Crippen LogP contribution is 2.11. The molecule has 8 nitrogen and oxygen atoms in total. The largest absolute Gasteiger partial charge is 0.456 e. The Morgan fingerprint density at radius 3 is 1.65 bits per heavy atom. The highest BCUT2D eigenvalue weighted by molar-refractivity contribution is 5.88. The van der Waals surface area contributed by atoms with Crippen molar-refractivity contribution >= 4 is 23.7 Å². The molecule has 0 aliphatic rings. The summed E-state index contributed by atoms with van der Waals surface area (Å²) in [6.45, 7) is 25.2. The molecular formula is C32H48N2O6. The molecule has 0 rings (SSSR count). The SMILES string of the molecule is C=CCN(CC=C)[C@H](/C=C\CC)CCC(C)=O.C=CCN(CC=C)[C@H](C#CC(=O)OCC)CCC(C)=O.O=C=O. The van der Waals surface area contributed by atoms with Gasteiger partial charge in [-0.3, -0.25) is 9.80 Å². The monoisotopic (exact) mass is 556 g/mol. The van der Waals surface area contributed by atoms with Gasteiger partial charge in [0.05, 0.1) is 12.6 Å². The van der Waals surface area contributed by atoms with Gasteiger partial charge in [0.2, 0.25) is 0 Å². The molecule has 0 aromatic heterocycles. The van der Waals surface area contributed by atoms with Crippen LogP contribution in [0, 0.1) is 11.8 Å². The average Bonchev–Trinajstić information content (AvgIpc) is 2.89. The molecule has 0 saturated heterocycles. The molecular weight excluding hydrogens is 508 g/mol. The molecule has 0 aliphatic heterocycles. The number of hydrogen-bond donors (Lipinski definition) is 0. The summed E-state index contributed by atoms with van der Waals surface area (Å²) in [5.74, 6) is 5.16. The summed E-state index contributed by atoms with van der Waals surface area (Å²) in [5, 5.41) is 0. The van der Waals surface area contributed by atoms with Crippen molar-refractivity contribution in [3.05, 3.63) is 62.8 Å². The van der Waals surface area contributed by atoms with Crippen molar-refractivity contribution in [3.63, 3.8) is 0 Å². The van der Waals surface area contributed by atoms with E-state index in [2.05, 4.69) is 62.1 Å². The lowest BCUT2D eigenvalue weighted by molar-refractivity contribution is -0.191. The van der Waals surface area contributed by atoms with Crippen molar-refractivity contribution in [1.29, 1.82) is 0 Å². The normalized spacial score (nSPS) is 11.2. The van der Waals surface area contributed by atoms with Gasteiger partial charge >= 0.3 is 12.1 Å². The molecule has 0 aromatic carbocycles. The second kappa shape index (κ2) is 29.9. The number of allylic oxidation sites excluding steroid dienone is 1. The Labute approximate surface area is 241 Å². The summed E-state index contributed by atoms with van der Waals surface area (Å²) in [4.78, 5) is 54.0. The van der Waals surface area contributed by atoms with E-state index in [1.807, 2.05) is 17.1 Å². The zero-order chi connectivity index (χ0) is 31.2. The van der Waals surface area contributed by atoms with E-state index >= 15 is 0 Å². The number of rotatable bonds is 19. The molecule has 0 amide bonds. The lowest BCUT2D eigenvalue weighted by atomic mass is 10.1. The minimum absolute atomic E-state index is 0.102. The van der Waals surface area contributed by atoms with E-state index in [1.165, 1.54) is 0 Å². The predicted octanol–water partition coefficient (Wildman–Crippen LogP) is 4.75. The molecule has 0 N–H and O–H groups in total. The first-order valence-electron chi connectivity index (χ1n) is 13.4. The van der Waals surface area contributed by atoms with Crippen LogP contribution in [0.15, 0.2) is 62.8 Å². The lowest BCUT2D eigenvalue weighted by Gasteiger charge is -2.27. The van der Waals surface area contributed by atoms with Crippen LogP contribution < -0.4 is 0 Å². The number of Topliss-reactive ketones (excluding diaryl/α,β-unsaturated/α-hetero) is 2. The number of nitrogens with zero attached hydrogens (tertiary/aromatic N) is 2. The predicted molar refractivity (Wildman–Crippen MR) is 160 cm³/mol. The third-order valence-electron chi connectivity index (χ3n) is 5.14. The highest BCUT2D eigenvalue weighted by atomic mass is 16.5. The van der Waals surface area contributed by atoms with Crippen LogP contribution in [-0.4, -0.2) is 78.4 Å². The number of ketones is 2. The van der Waals surface area contributed by atoms with Gasteiger partial charge in [0.25, 0.3) is 0 Å². The van der Waals surface area contributed by atoms with Crippen molar-refractivity contribution in [2.75, 3.05) is 32.8 Å². The van der Waals surface area contributed by atoms with E-state index in [0.717, 1.165) is 25.9 Å². The minimum atomic E-state index is -0.544. The van der Waals surface area contributed by atoms with Crippen molar-refractivity contribution in [2.24, 2.45) is 0 Å². The average molecular weight is 557 g/mol. The first-order valence-corrected chi connectivity index (χ1v) is 13.4. The molecule has 0 heterocycles. The fraction of sp³-hybridized carbons (Fsp3) is 0.500. The summed E-state index contributed by atoms with van der Waals surface area (Å²) >= 11 is 0. The van der Waals surface area contributed by atoms with Gasteiger partial charge in [-0.15, -0.1) is 26.3 Å². The molecule has 0 unspecified atom stereocenters.